The zero-order chi connectivity index (χ0) is 16.4. The highest BCUT2D eigenvalue weighted by molar-refractivity contribution is 5.85. The molecule has 1 N–H and O–H groups in total. The Morgan fingerprint density at radius 2 is 2.00 bits per heavy atom. The van der Waals surface area contributed by atoms with Crippen molar-refractivity contribution in [2.45, 2.75) is 25.3 Å². The summed E-state index contributed by atoms with van der Waals surface area (Å²) >= 11 is 0. The van der Waals surface area contributed by atoms with Crippen molar-refractivity contribution < 1.29 is 13.2 Å². The summed E-state index contributed by atoms with van der Waals surface area (Å²) in [6.45, 7) is 1.59. The summed E-state index contributed by atoms with van der Waals surface area (Å²) < 4.78 is 41.0. The third-order valence-electron chi connectivity index (χ3n) is 4.01. The van der Waals surface area contributed by atoms with Crippen LogP contribution in [0.3, 0.4) is 0 Å². The summed E-state index contributed by atoms with van der Waals surface area (Å²) in [6, 6.07) is 0.0137. The number of hydrogen-bond donors (Lipinski definition) is 1. The van der Waals surface area contributed by atoms with E-state index in [1.165, 1.54) is 12.4 Å². The Morgan fingerprint density at radius 3 is 2.67 bits per heavy atom. The number of nitrogens with one attached hydrogen (secondary N) is 1. The van der Waals surface area contributed by atoms with Crippen LogP contribution in [0, 0.1) is 0 Å². The van der Waals surface area contributed by atoms with Crippen LogP contribution in [0.25, 0.3) is 0 Å². The molecule has 2 aromatic heterocycles. The van der Waals surface area contributed by atoms with Gasteiger partial charge in [-0.15, -0.1) is 12.4 Å². The third-order valence-corrected chi connectivity index (χ3v) is 4.01. The molecule has 0 bridgehead atoms. The SMILES string of the molecule is Cl.Cn1ccnc1C1CNCCN1Cc1nccn1CC(F)(F)F. The van der Waals surface area contributed by atoms with Crippen LogP contribution in [0.4, 0.5) is 13.2 Å². The van der Waals surface area contributed by atoms with Gasteiger partial charge in [-0.25, -0.2) is 9.97 Å². The number of hydrogen-bond acceptors (Lipinski definition) is 4. The maximum absolute atomic E-state index is 12.6. The number of rotatable bonds is 4. The molecule has 0 amide bonds. The molecule has 6 nitrogen and oxygen atoms in total. The van der Waals surface area contributed by atoms with Crippen LogP contribution >= 0.6 is 12.4 Å². The minimum absolute atomic E-state index is 0. The molecule has 3 heterocycles. The zero-order valence-corrected chi connectivity index (χ0v) is 14.0. The number of nitrogens with zero attached hydrogens (tertiary/aromatic N) is 5. The van der Waals surface area contributed by atoms with Crippen molar-refractivity contribution in [3.8, 4) is 0 Å². The van der Waals surface area contributed by atoms with Crippen molar-refractivity contribution in [1.29, 1.82) is 0 Å². The van der Waals surface area contributed by atoms with Gasteiger partial charge < -0.3 is 14.5 Å². The lowest BCUT2D eigenvalue weighted by atomic mass is 10.1. The van der Waals surface area contributed by atoms with Crippen molar-refractivity contribution in [1.82, 2.24) is 29.3 Å². The summed E-state index contributed by atoms with van der Waals surface area (Å²) in [6.07, 6.45) is 2.14. The first-order valence-electron chi connectivity index (χ1n) is 7.43. The van der Waals surface area contributed by atoms with Crippen LogP contribution in [0.5, 0.6) is 0 Å². The largest absolute Gasteiger partial charge is 0.406 e. The van der Waals surface area contributed by atoms with Crippen molar-refractivity contribution >= 4 is 12.4 Å². The molecule has 1 atom stereocenters. The second-order valence-electron chi connectivity index (χ2n) is 5.67. The molecular formula is C14H20ClF3N6. The van der Waals surface area contributed by atoms with Crippen molar-refractivity contribution in [3.63, 3.8) is 0 Å². The topological polar surface area (TPSA) is 50.9 Å². The van der Waals surface area contributed by atoms with E-state index in [0.29, 0.717) is 18.9 Å². The van der Waals surface area contributed by atoms with Crippen molar-refractivity contribution in [2.75, 3.05) is 19.6 Å². The number of piperazine rings is 1. The Kier molecular flexibility index (Phi) is 5.89. The van der Waals surface area contributed by atoms with Gasteiger partial charge in [0.05, 0.1) is 12.6 Å². The molecule has 1 fully saturated rings. The lowest BCUT2D eigenvalue weighted by Gasteiger charge is -2.35. The average molecular weight is 365 g/mol. The molecule has 1 aliphatic rings. The van der Waals surface area contributed by atoms with Crippen LogP contribution in [0.15, 0.2) is 24.8 Å². The quantitative estimate of drug-likeness (QED) is 0.898. The van der Waals surface area contributed by atoms with Gasteiger partial charge in [0.1, 0.15) is 18.2 Å². The molecule has 3 rings (SSSR count). The minimum atomic E-state index is -4.25. The maximum Gasteiger partial charge on any atom is 0.406 e. The molecule has 1 aliphatic heterocycles. The Morgan fingerprint density at radius 1 is 1.25 bits per heavy atom. The number of aryl methyl sites for hydroxylation is 1. The van der Waals surface area contributed by atoms with E-state index in [-0.39, 0.29) is 18.4 Å². The molecule has 2 aromatic rings. The summed E-state index contributed by atoms with van der Waals surface area (Å²) in [7, 11) is 1.92. The van der Waals surface area contributed by atoms with Crippen LogP contribution in [0.2, 0.25) is 0 Å². The normalized spacial score (nSPS) is 19.2. The highest BCUT2D eigenvalue weighted by Crippen LogP contribution is 2.23. The molecule has 24 heavy (non-hydrogen) atoms. The fraction of sp³-hybridized carbons (Fsp3) is 0.571. The highest BCUT2D eigenvalue weighted by Gasteiger charge is 2.31. The van der Waals surface area contributed by atoms with Crippen LogP contribution in [-0.4, -0.2) is 49.8 Å². The van der Waals surface area contributed by atoms with Gasteiger partial charge in [0, 0.05) is 51.5 Å². The van der Waals surface area contributed by atoms with E-state index in [9.17, 15) is 13.2 Å². The van der Waals surface area contributed by atoms with Gasteiger partial charge >= 0.3 is 6.18 Å². The van der Waals surface area contributed by atoms with E-state index in [2.05, 4.69) is 20.2 Å². The molecule has 10 heteroatoms. The second kappa shape index (κ2) is 7.54. The fourth-order valence-electron chi connectivity index (χ4n) is 2.90. The summed E-state index contributed by atoms with van der Waals surface area (Å²) in [5.41, 5.74) is 0. The first-order valence-corrected chi connectivity index (χ1v) is 7.43. The number of alkyl halides is 3. The Hall–Kier alpha value is -1.58. The molecule has 134 valence electrons. The predicted molar refractivity (Wildman–Crippen MR) is 84.8 cm³/mol. The van der Waals surface area contributed by atoms with Crippen molar-refractivity contribution in [2.24, 2.45) is 7.05 Å². The molecule has 1 unspecified atom stereocenters. The Bertz CT molecular complexity index is 653. The van der Waals surface area contributed by atoms with Gasteiger partial charge in [-0.05, 0) is 0 Å². The molecule has 0 aliphatic carbocycles. The molecule has 1 saturated heterocycles. The van der Waals surface area contributed by atoms with Gasteiger partial charge in [-0.1, -0.05) is 0 Å². The van der Waals surface area contributed by atoms with Gasteiger partial charge in [0.15, 0.2) is 0 Å². The molecule has 0 saturated carbocycles. The minimum Gasteiger partial charge on any atom is -0.337 e. The van der Waals surface area contributed by atoms with Crippen molar-refractivity contribution in [3.05, 3.63) is 36.4 Å². The third kappa shape index (κ3) is 4.28. The standard InChI is InChI=1S/C14H19F3N6.ClH/c1-21-5-3-20-13(21)11-8-18-2-6-22(11)9-12-19-4-7-23(12)10-14(15,16)17;/h3-5,7,11,18H,2,6,8-10H2,1H3;1H. The van der Waals surface area contributed by atoms with Crippen LogP contribution in [-0.2, 0) is 20.1 Å². The zero-order valence-electron chi connectivity index (χ0n) is 13.2. The fourth-order valence-corrected chi connectivity index (χ4v) is 2.90. The Balaban J connectivity index is 0.00000208. The van der Waals surface area contributed by atoms with E-state index in [1.807, 2.05) is 17.8 Å². The van der Waals surface area contributed by atoms with E-state index in [4.69, 9.17) is 0 Å². The smallest absolute Gasteiger partial charge is 0.337 e. The first kappa shape index (κ1) is 18.8. The van der Waals surface area contributed by atoms with Gasteiger partial charge in [-0.2, -0.15) is 13.2 Å². The Labute approximate surface area is 144 Å². The molecule has 0 radical (unpaired) electrons. The van der Waals surface area contributed by atoms with E-state index < -0.39 is 12.7 Å². The second-order valence-corrected chi connectivity index (χ2v) is 5.67. The lowest BCUT2D eigenvalue weighted by molar-refractivity contribution is -0.141. The summed E-state index contributed by atoms with van der Waals surface area (Å²) in [5.74, 6) is 1.31. The average Bonchev–Trinajstić information content (AvgIpc) is 3.08. The van der Waals surface area contributed by atoms with Crippen LogP contribution in [0.1, 0.15) is 17.7 Å². The van der Waals surface area contributed by atoms with E-state index in [0.717, 1.165) is 23.5 Å². The van der Waals surface area contributed by atoms with E-state index >= 15 is 0 Å². The maximum atomic E-state index is 12.6. The van der Waals surface area contributed by atoms with Crippen LogP contribution < -0.4 is 5.32 Å². The highest BCUT2D eigenvalue weighted by atomic mass is 35.5. The van der Waals surface area contributed by atoms with Gasteiger partial charge in [-0.3, -0.25) is 4.90 Å². The van der Waals surface area contributed by atoms with E-state index in [1.54, 1.807) is 6.20 Å². The molecule has 0 spiro atoms. The monoisotopic (exact) mass is 364 g/mol. The number of imidazole rings is 2. The number of aromatic nitrogens is 4. The lowest BCUT2D eigenvalue weighted by Crippen LogP contribution is -2.46. The molecule has 0 aromatic carbocycles. The summed E-state index contributed by atoms with van der Waals surface area (Å²) in [4.78, 5) is 10.6. The summed E-state index contributed by atoms with van der Waals surface area (Å²) in [5, 5.41) is 3.31. The number of halogens is 4. The first-order chi connectivity index (χ1) is 10.9. The predicted octanol–water partition coefficient (Wildman–Crippen LogP) is 1.75. The molecular weight excluding hydrogens is 345 g/mol. The van der Waals surface area contributed by atoms with Gasteiger partial charge in [0.25, 0.3) is 0 Å². The van der Waals surface area contributed by atoms with Gasteiger partial charge in [0.2, 0.25) is 0 Å².